The standard InChI is InChI=1S/C8H15N5/c1-3-10-8(9)13-6(2)7-11-4-5-12-7/h4-6H,3H2,1-2H3,(H,11,12)(H3,9,10,13). The second-order valence-electron chi connectivity index (χ2n) is 2.70. The first-order chi connectivity index (χ1) is 6.24. The van der Waals surface area contributed by atoms with Crippen LogP contribution in [0.2, 0.25) is 0 Å². The summed E-state index contributed by atoms with van der Waals surface area (Å²) >= 11 is 0. The zero-order chi connectivity index (χ0) is 9.68. The van der Waals surface area contributed by atoms with Gasteiger partial charge in [-0.15, -0.1) is 0 Å². The van der Waals surface area contributed by atoms with E-state index in [9.17, 15) is 0 Å². The van der Waals surface area contributed by atoms with E-state index in [1.165, 1.54) is 0 Å². The van der Waals surface area contributed by atoms with Crippen LogP contribution in [-0.2, 0) is 0 Å². The number of nitrogens with two attached hydrogens (primary N) is 1. The number of imidazole rings is 1. The van der Waals surface area contributed by atoms with E-state index in [1.54, 1.807) is 12.4 Å². The Morgan fingerprint density at radius 1 is 1.85 bits per heavy atom. The highest BCUT2D eigenvalue weighted by atomic mass is 15.1. The molecule has 0 bridgehead atoms. The van der Waals surface area contributed by atoms with E-state index in [2.05, 4.69) is 20.3 Å². The van der Waals surface area contributed by atoms with Crippen molar-refractivity contribution < 1.29 is 0 Å². The number of aromatic amines is 1. The smallest absolute Gasteiger partial charge is 0.189 e. The lowest BCUT2D eigenvalue weighted by Crippen LogP contribution is -2.34. The molecule has 1 rings (SSSR count). The highest BCUT2D eigenvalue weighted by Crippen LogP contribution is 2.03. The van der Waals surface area contributed by atoms with Crippen LogP contribution in [0, 0.1) is 0 Å². The molecule has 1 aromatic rings. The summed E-state index contributed by atoms with van der Waals surface area (Å²) in [4.78, 5) is 11.1. The van der Waals surface area contributed by atoms with Gasteiger partial charge in [-0.1, -0.05) is 0 Å². The van der Waals surface area contributed by atoms with Gasteiger partial charge in [0.25, 0.3) is 0 Å². The average Bonchev–Trinajstić information content (AvgIpc) is 2.55. The number of hydrogen-bond acceptors (Lipinski definition) is 2. The van der Waals surface area contributed by atoms with Crippen molar-refractivity contribution >= 4 is 5.96 Å². The van der Waals surface area contributed by atoms with Gasteiger partial charge in [-0.25, -0.2) is 4.98 Å². The Morgan fingerprint density at radius 3 is 3.15 bits per heavy atom. The van der Waals surface area contributed by atoms with Crippen LogP contribution in [0.15, 0.2) is 17.4 Å². The topological polar surface area (TPSA) is 79.1 Å². The molecule has 1 heterocycles. The van der Waals surface area contributed by atoms with Gasteiger partial charge in [-0.3, -0.25) is 4.99 Å². The van der Waals surface area contributed by atoms with Gasteiger partial charge in [0.2, 0.25) is 0 Å². The molecule has 4 N–H and O–H groups in total. The number of guanidine groups is 1. The summed E-state index contributed by atoms with van der Waals surface area (Å²) in [5.74, 6) is 1.31. The van der Waals surface area contributed by atoms with Crippen molar-refractivity contribution in [1.82, 2.24) is 15.3 Å². The number of aromatic nitrogens is 2. The second kappa shape index (κ2) is 4.49. The third kappa shape index (κ3) is 2.77. The van der Waals surface area contributed by atoms with E-state index >= 15 is 0 Å². The molecule has 0 saturated carbocycles. The van der Waals surface area contributed by atoms with Crippen LogP contribution in [0.1, 0.15) is 25.7 Å². The molecule has 1 unspecified atom stereocenters. The summed E-state index contributed by atoms with van der Waals surface area (Å²) < 4.78 is 0. The lowest BCUT2D eigenvalue weighted by Gasteiger charge is -2.11. The minimum Gasteiger partial charge on any atom is -0.370 e. The third-order valence-corrected chi connectivity index (χ3v) is 1.62. The van der Waals surface area contributed by atoms with Crippen molar-refractivity contribution in [2.45, 2.75) is 19.9 Å². The summed E-state index contributed by atoms with van der Waals surface area (Å²) in [6, 6.07) is 0.0605. The van der Waals surface area contributed by atoms with Crippen molar-refractivity contribution in [2.24, 2.45) is 10.7 Å². The van der Waals surface area contributed by atoms with Gasteiger partial charge in [-0.05, 0) is 13.8 Å². The minimum absolute atomic E-state index is 0.0605. The van der Waals surface area contributed by atoms with E-state index in [0.717, 1.165) is 5.82 Å². The Kier molecular flexibility index (Phi) is 3.31. The highest BCUT2D eigenvalue weighted by Gasteiger charge is 2.06. The maximum atomic E-state index is 5.59. The molecular weight excluding hydrogens is 166 g/mol. The van der Waals surface area contributed by atoms with Gasteiger partial charge < -0.3 is 16.0 Å². The van der Waals surface area contributed by atoms with Crippen LogP contribution >= 0.6 is 0 Å². The number of H-pyrrole nitrogens is 1. The molecule has 0 aliphatic rings. The molecule has 0 saturated heterocycles. The first kappa shape index (κ1) is 9.57. The number of hydrogen-bond donors (Lipinski definition) is 3. The van der Waals surface area contributed by atoms with Crippen LogP contribution in [-0.4, -0.2) is 22.5 Å². The van der Waals surface area contributed by atoms with E-state index in [-0.39, 0.29) is 6.04 Å². The summed E-state index contributed by atoms with van der Waals surface area (Å²) in [5, 5.41) is 3.02. The van der Waals surface area contributed by atoms with Gasteiger partial charge >= 0.3 is 0 Å². The molecule has 0 aliphatic heterocycles. The first-order valence-corrected chi connectivity index (χ1v) is 4.29. The molecule has 1 aromatic heterocycles. The Balaban J connectivity index is 2.51. The maximum absolute atomic E-state index is 5.59. The first-order valence-electron chi connectivity index (χ1n) is 4.29. The van der Waals surface area contributed by atoms with Crippen LogP contribution in [0.3, 0.4) is 0 Å². The van der Waals surface area contributed by atoms with E-state index in [4.69, 9.17) is 5.73 Å². The monoisotopic (exact) mass is 181 g/mol. The van der Waals surface area contributed by atoms with Crippen LogP contribution in [0.25, 0.3) is 0 Å². The zero-order valence-electron chi connectivity index (χ0n) is 7.91. The number of nitrogens with one attached hydrogen (secondary N) is 2. The molecule has 0 aliphatic carbocycles. The van der Waals surface area contributed by atoms with Gasteiger partial charge in [0.15, 0.2) is 5.96 Å². The predicted octanol–water partition coefficient (Wildman–Crippen LogP) is 0.395. The third-order valence-electron chi connectivity index (χ3n) is 1.62. The van der Waals surface area contributed by atoms with Crippen molar-refractivity contribution in [1.29, 1.82) is 0 Å². The van der Waals surface area contributed by atoms with Gasteiger partial charge in [0.1, 0.15) is 5.82 Å². The fourth-order valence-corrected chi connectivity index (χ4v) is 1.02. The number of nitrogens with zero attached hydrogens (tertiary/aromatic N) is 2. The molecule has 0 fully saturated rings. The molecule has 5 nitrogen and oxygen atoms in total. The van der Waals surface area contributed by atoms with Crippen LogP contribution < -0.4 is 11.1 Å². The van der Waals surface area contributed by atoms with E-state index < -0.39 is 0 Å². The van der Waals surface area contributed by atoms with Gasteiger partial charge in [-0.2, -0.15) is 0 Å². The summed E-state index contributed by atoms with van der Waals surface area (Å²) in [7, 11) is 0. The summed E-state index contributed by atoms with van der Waals surface area (Å²) in [6.07, 6.45) is 3.49. The fourth-order valence-electron chi connectivity index (χ4n) is 1.02. The molecule has 0 amide bonds. The average molecular weight is 181 g/mol. The Bertz CT molecular complexity index is 264. The largest absolute Gasteiger partial charge is 0.370 e. The number of aliphatic imine (C=N–C) groups is 1. The van der Waals surface area contributed by atoms with Crippen molar-refractivity contribution in [3.63, 3.8) is 0 Å². The lowest BCUT2D eigenvalue weighted by atomic mass is 10.3. The molecule has 5 heteroatoms. The lowest BCUT2D eigenvalue weighted by molar-refractivity contribution is 0.667. The highest BCUT2D eigenvalue weighted by molar-refractivity contribution is 5.78. The number of rotatable bonds is 3. The summed E-state index contributed by atoms with van der Waals surface area (Å²) in [6.45, 7) is 4.59. The van der Waals surface area contributed by atoms with Gasteiger partial charge in [0, 0.05) is 18.9 Å². The Morgan fingerprint density at radius 2 is 2.62 bits per heavy atom. The maximum Gasteiger partial charge on any atom is 0.189 e. The molecule has 0 spiro atoms. The fraction of sp³-hybridized carbons (Fsp3) is 0.500. The Hall–Kier alpha value is -1.52. The second-order valence-corrected chi connectivity index (χ2v) is 2.70. The van der Waals surface area contributed by atoms with Gasteiger partial charge in [0.05, 0.1) is 6.04 Å². The van der Waals surface area contributed by atoms with Crippen molar-refractivity contribution in [2.75, 3.05) is 6.54 Å². The molecular formula is C8H15N5. The SMILES string of the molecule is CCN=C(N)NC(C)c1ncc[nH]1. The molecule has 72 valence electrons. The minimum atomic E-state index is 0.0605. The molecule has 13 heavy (non-hydrogen) atoms. The molecule has 0 radical (unpaired) electrons. The van der Waals surface area contributed by atoms with E-state index in [0.29, 0.717) is 12.5 Å². The Labute approximate surface area is 77.5 Å². The summed E-state index contributed by atoms with van der Waals surface area (Å²) in [5.41, 5.74) is 5.59. The zero-order valence-corrected chi connectivity index (χ0v) is 7.91. The molecule has 0 aromatic carbocycles. The van der Waals surface area contributed by atoms with Crippen molar-refractivity contribution in [3.8, 4) is 0 Å². The van der Waals surface area contributed by atoms with E-state index in [1.807, 2.05) is 13.8 Å². The van der Waals surface area contributed by atoms with Crippen LogP contribution in [0.4, 0.5) is 0 Å². The van der Waals surface area contributed by atoms with Crippen molar-refractivity contribution in [3.05, 3.63) is 18.2 Å². The molecule has 1 atom stereocenters. The van der Waals surface area contributed by atoms with Crippen LogP contribution in [0.5, 0.6) is 0 Å². The normalized spacial score (nSPS) is 14.2. The predicted molar refractivity (Wildman–Crippen MR) is 52.3 cm³/mol. The quantitative estimate of drug-likeness (QED) is 0.466.